The summed E-state index contributed by atoms with van der Waals surface area (Å²) in [5.41, 5.74) is 0. The molecule has 13 heavy (non-hydrogen) atoms. The van der Waals surface area contributed by atoms with Crippen LogP contribution in [-0.4, -0.2) is 12.1 Å². The van der Waals surface area contributed by atoms with E-state index in [1.165, 1.54) is 32.6 Å². The predicted octanol–water partition coefficient (Wildman–Crippen LogP) is 2.52. The maximum Gasteiger partial charge on any atom is 0.302 e. The highest BCUT2D eigenvalue weighted by molar-refractivity contribution is 5.66. The van der Waals surface area contributed by atoms with E-state index in [4.69, 9.17) is 4.74 Å². The van der Waals surface area contributed by atoms with Gasteiger partial charge in [0.2, 0.25) is 0 Å². The molecule has 0 aromatic rings. The van der Waals surface area contributed by atoms with Crippen molar-refractivity contribution < 1.29 is 9.53 Å². The molecule has 0 aliphatic heterocycles. The van der Waals surface area contributed by atoms with Gasteiger partial charge >= 0.3 is 5.97 Å². The smallest absolute Gasteiger partial charge is 0.302 e. The van der Waals surface area contributed by atoms with Gasteiger partial charge in [0.25, 0.3) is 0 Å². The second-order valence-electron chi connectivity index (χ2n) is 4.60. The molecule has 2 bridgehead atoms. The van der Waals surface area contributed by atoms with Crippen LogP contribution in [0.15, 0.2) is 0 Å². The molecule has 0 spiro atoms. The normalized spacial score (nSPS) is 38.4. The molecule has 3 atom stereocenters. The van der Waals surface area contributed by atoms with Gasteiger partial charge in [-0.15, -0.1) is 0 Å². The Kier molecular flexibility index (Phi) is 2.56. The molecule has 74 valence electrons. The predicted molar refractivity (Wildman–Crippen MR) is 50.2 cm³/mol. The minimum absolute atomic E-state index is 0.107. The van der Waals surface area contributed by atoms with Gasteiger partial charge in [-0.25, -0.2) is 0 Å². The Morgan fingerprint density at radius 3 is 2.31 bits per heavy atom. The van der Waals surface area contributed by atoms with Crippen molar-refractivity contribution in [3.63, 3.8) is 0 Å². The molecular weight excluding hydrogens is 164 g/mol. The molecule has 0 aromatic heterocycles. The van der Waals surface area contributed by atoms with Crippen molar-refractivity contribution in [1.29, 1.82) is 0 Å². The first-order chi connectivity index (χ1) is 6.24. The molecular formula is C11H18O2. The number of fused-ring (bicyclic) bond motifs is 2. The molecule has 2 aliphatic rings. The van der Waals surface area contributed by atoms with Gasteiger partial charge in [0, 0.05) is 6.92 Å². The molecule has 0 radical (unpaired) electrons. The third kappa shape index (κ3) is 2.23. The van der Waals surface area contributed by atoms with E-state index in [2.05, 4.69) is 0 Å². The average molecular weight is 182 g/mol. The lowest BCUT2D eigenvalue weighted by Gasteiger charge is -2.38. The summed E-state index contributed by atoms with van der Waals surface area (Å²) in [5.74, 6) is 1.58. The molecule has 2 fully saturated rings. The summed E-state index contributed by atoms with van der Waals surface area (Å²) in [7, 11) is 0. The number of esters is 1. The van der Waals surface area contributed by atoms with Crippen LogP contribution in [0.1, 0.15) is 45.4 Å². The SMILES string of the molecule is CC(=O)OC1C[C@H]2CCC[C@@H](C1)C2. The van der Waals surface area contributed by atoms with Gasteiger partial charge in [-0.05, 0) is 31.1 Å². The van der Waals surface area contributed by atoms with Gasteiger partial charge < -0.3 is 4.74 Å². The zero-order valence-corrected chi connectivity index (χ0v) is 8.29. The van der Waals surface area contributed by atoms with Crippen LogP contribution in [0.25, 0.3) is 0 Å². The maximum atomic E-state index is 10.8. The fourth-order valence-electron chi connectivity index (χ4n) is 3.00. The van der Waals surface area contributed by atoms with Crippen LogP contribution in [0.3, 0.4) is 0 Å². The summed E-state index contributed by atoms with van der Waals surface area (Å²) < 4.78 is 5.29. The highest BCUT2D eigenvalue weighted by Gasteiger charge is 2.32. The summed E-state index contributed by atoms with van der Waals surface area (Å²) in [6, 6.07) is 0. The molecule has 2 aliphatic carbocycles. The Morgan fingerprint density at radius 1 is 1.15 bits per heavy atom. The second kappa shape index (κ2) is 3.69. The Hall–Kier alpha value is -0.530. The van der Waals surface area contributed by atoms with Gasteiger partial charge in [0.15, 0.2) is 0 Å². The fraction of sp³-hybridized carbons (Fsp3) is 0.909. The number of ether oxygens (including phenoxy) is 1. The molecule has 0 saturated heterocycles. The number of carbonyl (C=O) groups excluding carboxylic acids is 1. The van der Waals surface area contributed by atoms with E-state index in [0.29, 0.717) is 0 Å². The van der Waals surface area contributed by atoms with Crippen molar-refractivity contribution in [2.24, 2.45) is 11.8 Å². The Balaban J connectivity index is 1.90. The van der Waals surface area contributed by atoms with E-state index in [1.807, 2.05) is 0 Å². The maximum absolute atomic E-state index is 10.8. The molecule has 0 aromatic carbocycles. The van der Waals surface area contributed by atoms with Crippen molar-refractivity contribution in [3.8, 4) is 0 Å². The molecule has 2 heteroatoms. The first-order valence-electron chi connectivity index (χ1n) is 5.41. The van der Waals surface area contributed by atoms with Crippen molar-refractivity contribution in [2.45, 2.75) is 51.6 Å². The molecule has 2 nitrogen and oxygen atoms in total. The van der Waals surface area contributed by atoms with Crippen molar-refractivity contribution in [2.75, 3.05) is 0 Å². The van der Waals surface area contributed by atoms with E-state index in [9.17, 15) is 4.79 Å². The van der Waals surface area contributed by atoms with Gasteiger partial charge in [-0.2, -0.15) is 0 Å². The van der Waals surface area contributed by atoms with Gasteiger partial charge in [-0.3, -0.25) is 4.79 Å². The molecule has 0 N–H and O–H groups in total. The Morgan fingerprint density at radius 2 is 1.77 bits per heavy atom. The molecule has 2 rings (SSSR count). The molecule has 2 saturated carbocycles. The molecule has 0 amide bonds. The number of carbonyl (C=O) groups is 1. The lowest BCUT2D eigenvalue weighted by Crippen LogP contribution is -2.32. The number of hydrogen-bond acceptors (Lipinski definition) is 2. The average Bonchev–Trinajstić information content (AvgIpc) is 2.01. The number of rotatable bonds is 1. The van der Waals surface area contributed by atoms with Crippen LogP contribution in [0, 0.1) is 11.8 Å². The van der Waals surface area contributed by atoms with Gasteiger partial charge in [0.05, 0.1) is 0 Å². The van der Waals surface area contributed by atoms with Crippen LogP contribution in [0.4, 0.5) is 0 Å². The third-order valence-corrected chi connectivity index (χ3v) is 3.42. The summed E-state index contributed by atoms with van der Waals surface area (Å²) in [5, 5.41) is 0. The fourth-order valence-corrected chi connectivity index (χ4v) is 3.00. The van der Waals surface area contributed by atoms with Crippen molar-refractivity contribution >= 4 is 5.97 Å². The second-order valence-corrected chi connectivity index (χ2v) is 4.60. The largest absolute Gasteiger partial charge is 0.463 e. The minimum atomic E-state index is -0.107. The summed E-state index contributed by atoms with van der Waals surface area (Å²) in [6.07, 6.45) is 7.97. The van der Waals surface area contributed by atoms with Crippen molar-refractivity contribution in [3.05, 3.63) is 0 Å². The van der Waals surface area contributed by atoms with Crippen LogP contribution in [0.5, 0.6) is 0 Å². The highest BCUT2D eigenvalue weighted by Crippen LogP contribution is 2.40. The zero-order chi connectivity index (χ0) is 9.26. The van der Waals surface area contributed by atoms with Crippen LogP contribution < -0.4 is 0 Å². The monoisotopic (exact) mass is 182 g/mol. The lowest BCUT2D eigenvalue weighted by atomic mass is 9.71. The van der Waals surface area contributed by atoms with Gasteiger partial charge in [-0.1, -0.05) is 19.3 Å². The topological polar surface area (TPSA) is 26.3 Å². The Labute approximate surface area is 79.7 Å². The van der Waals surface area contributed by atoms with Crippen LogP contribution in [0.2, 0.25) is 0 Å². The van der Waals surface area contributed by atoms with Crippen LogP contribution in [-0.2, 0) is 9.53 Å². The van der Waals surface area contributed by atoms with E-state index in [1.54, 1.807) is 0 Å². The van der Waals surface area contributed by atoms with Gasteiger partial charge in [0.1, 0.15) is 6.10 Å². The standard InChI is InChI=1S/C11H18O2/c1-8(12)13-11-6-9-3-2-4-10(5-9)7-11/h9-11H,2-7H2,1H3/t9-,10+,11?. The van der Waals surface area contributed by atoms with Crippen molar-refractivity contribution in [1.82, 2.24) is 0 Å². The zero-order valence-electron chi connectivity index (χ0n) is 8.29. The minimum Gasteiger partial charge on any atom is -0.463 e. The van der Waals surface area contributed by atoms with E-state index in [0.717, 1.165) is 24.7 Å². The third-order valence-electron chi connectivity index (χ3n) is 3.42. The van der Waals surface area contributed by atoms with E-state index < -0.39 is 0 Å². The van der Waals surface area contributed by atoms with E-state index >= 15 is 0 Å². The Bertz CT molecular complexity index is 188. The summed E-state index contributed by atoms with van der Waals surface area (Å²) >= 11 is 0. The highest BCUT2D eigenvalue weighted by atomic mass is 16.5. The number of hydrogen-bond donors (Lipinski definition) is 0. The lowest BCUT2D eigenvalue weighted by molar-refractivity contribution is -0.150. The quantitative estimate of drug-likeness (QED) is 0.582. The molecule has 1 unspecified atom stereocenters. The molecule has 0 heterocycles. The van der Waals surface area contributed by atoms with E-state index in [-0.39, 0.29) is 12.1 Å². The first-order valence-corrected chi connectivity index (χ1v) is 5.41. The first kappa shape index (κ1) is 9.04. The summed E-state index contributed by atoms with van der Waals surface area (Å²) in [4.78, 5) is 10.8. The summed E-state index contributed by atoms with van der Waals surface area (Å²) in [6.45, 7) is 1.52. The van der Waals surface area contributed by atoms with Crippen LogP contribution >= 0.6 is 0 Å².